The zero-order valence-corrected chi connectivity index (χ0v) is 10.9. The van der Waals surface area contributed by atoms with Crippen LogP contribution in [-0.2, 0) is 19.9 Å². The van der Waals surface area contributed by atoms with E-state index in [2.05, 4.69) is 4.98 Å². The molecule has 2 rings (SSSR count). The molecule has 0 saturated carbocycles. The zero-order valence-electron chi connectivity index (χ0n) is 10.9. The summed E-state index contributed by atoms with van der Waals surface area (Å²) in [5.74, 6) is -0.639. The maximum atomic E-state index is 13.5. The van der Waals surface area contributed by atoms with Gasteiger partial charge in [-0.1, -0.05) is 18.2 Å². The van der Waals surface area contributed by atoms with Crippen LogP contribution in [0, 0.1) is 12.7 Å². The Bertz CT molecular complexity index is 620. The van der Waals surface area contributed by atoms with Crippen LogP contribution >= 0.6 is 0 Å². The summed E-state index contributed by atoms with van der Waals surface area (Å²) in [7, 11) is 1.67. The fourth-order valence-corrected chi connectivity index (χ4v) is 2.07. The summed E-state index contributed by atoms with van der Waals surface area (Å²) < 4.78 is 15.0. The van der Waals surface area contributed by atoms with Crippen molar-refractivity contribution in [3.8, 4) is 0 Å². The molecule has 0 bridgehead atoms. The molecule has 0 amide bonds. The van der Waals surface area contributed by atoms with Crippen LogP contribution in [0.1, 0.15) is 27.6 Å². The number of hydrogen-bond acceptors (Lipinski definition) is 2. The van der Waals surface area contributed by atoms with Crippen LogP contribution in [0.15, 0.2) is 24.3 Å². The van der Waals surface area contributed by atoms with E-state index in [0.717, 1.165) is 0 Å². The number of aromatic carboxylic acids is 1. The second kappa shape index (κ2) is 5.22. The van der Waals surface area contributed by atoms with E-state index >= 15 is 0 Å². The number of imidazole rings is 1. The molecule has 0 saturated heterocycles. The first-order chi connectivity index (χ1) is 9.00. The summed E-state index contributed by atoms with van der Waals surface area (Å²) in [6.45, 7) is 1.75. The number of nitrogens with zero attached hydrogens (tertiary/aromatic N) is 2. The van der Waals surface area contributed by atoms with Crippen LogP contribution in [0.4, 0.5) is 4.39 Å². The first-order valence-corrected chi connectivity index (χ1v) is 5.99. The Morgan fingerprint density at radius 2 is 2.05 bits per heavy atom. The van der Waals surface area contributed by atoms with E-state index in [9.17, 15) is 14.3 Å². The largest absolute Gasteiger partial charge is 0.477 e. The standard InChI is InChI=1S/C14H15FN2O2/c1-9-16-12(13(14(18)19)17(9)2)8-7-10-5-3-4-6-11(10)15/h3-6H,7-8H2,1-2H3,(H,18,19). The summed E-state index contributed by atoms with van der Waals surface area (Å²) >= 11 is 0. The molecule has 0 radical (unpaired) electrons. The number of carboxylic acid groups (broad SMARTS) is 1. The molecule has 2 aromatic rings. The molecule has 1 aromatic heterocycles. The third-order valence-electron chi connectivity index (χ3n) is 3.18. The van der Waals surface area contributed by atoms with Crippen LogP contribution in [0.5, 0.6) is 0 Å². The number of carbonyl (C=O) groups is 1. The minimum atomic E-state index is -1.01. The Morgan fingerprint density at radius 3 is 2.68 bits per heavy atom. The fraction of sp³-hybridized carbons (Fsp3) is 0.286. The van der Waals surface area contributed by atoms with Gasteiger partial charge in [0.1, 0.15) is 17.3 Å². The number of aryl methyl sites for hydroxylation is 3. The molecular weight excluding hydrogens is 247 g/mol. The SMILES string of the molecule is Cc1nc(CCc2ccccc2F)c(C(=O)O)n1C. The molecule has 0 aliphatic heterocycles. The molecule has 0 unspecified atom stereocenters. The van der Waals surface area contributed by atoms with E-state index in [-0.39, 0.29) is 11.5 Å². The lowest BCUT2D eigenvalue weighted by Gasteiger charge is -2.03. The number of carboxylic acids is 1. The number of benzene rings is 1. The van der Waals surface area contributed by atoms with Crippen LogP contribution < -0.4 is 0 Å². The minimum absolute atomic E-state index is 0.175. The number of hydrogen-bond donors (Lipinski definition) is 1. The van der Waals surface area contributed by atoms with E-state index < -0.39 is 5.97 Å². The second-order valence-electron chi connectivity index (χ2n) is 4.41. The highest BCUT2D eigenvalue weighted by Gasteiger charge is 2.18. The van der Waals surface area contributed by atoms with Crippen molar-refractivity contribution in [1.29, 1.82) is 0 Å². The Morgan fingerprint density at radius 1 is 1.37 bits per heavy atom. The van der Waals surface area contributed by atoms with Gasteiger partial charge in [0, 0.05) is 7.05 Å². The predicted molar refractivity (Wildman–Crippen MR) is 68.7 cm³/mol. The first-order valence-electron chi connectivity index (χ1n) is 5.99. The van der Waals surface area contributed by atoms with Gasteiger partial charge in [-0.15, -0.1) is 0 Å². The number of halogens is 1. The van der Waals surface area contributed by atoms with Crippen molar-refractivity contribution in [2.24, 2.45) is 7.05 Å². The highest BCUT2D eigenvalue weighted by molar-refractivity contribution is 5.87. The average molecular weight is 262 g/mol. The van der Waals surface area contributed by atoms with E-state index in [4.69, 9.17) is 0 Å². The summed E-state index contributed by atoms with van der Waals surface area (Å²) in [6, 6.07) is 6.50. The maximum Gasteiger partial charge on any atom is 0.354 e. The topological polar surface area (TPSA) is 55.1 Å². The van der Waals surface area contributed by atoms with E-state index in [1.165, 1.54) is 6.07 Å². The van der Waals surface area contributed by atoms with Gasteiger partial charge in [-0.05, 0) is 31.4 Å². The third-order valence-corrected chi connectivity index (χ3v) is 3.18. The molecule has 0 aliphatic carbocycles. The van der Waals surface area contributed by atoms with E-state index in [1.807, 2.05) is 0 Å². The van der Waals surface area contributed by atoms with Crippen LogP contribution in [0.2, 0.25) is 0 Å². The van der Waals surface area contributed by atoms with Gasteiger partial charge in [0.2, 0.25) is 0 Å². The summed E-state index contributed by atoms with van der Waals surface area (Å²) in [6.07, 6.45) is 0.841. The molecule has 1 N–H and O–H groups in total. The maximum absolute atomic E-state index is 13.5. The zero-order chi connectivity index (χ0) is 14.0. The van der Waals surface area contributed by atoms with Crippen molar-refractivity contribution in [3.63, 3.8) is 0 Å². The van der Waals surface area contributed by atoms with Gasteiger partial charge >= 0.3 is 5.97 Å². The molecule has 0 aliphatic rings. The van der Waals surface area contributed by atoms with Crippen molar-refractivity contribution < 1.29 is 14.3 Å². The molecule has 0 atom stereocenters. The lowest BCUT2D eigenvalue weighted by molar-refractivity contribution is 0.0685. The van der Waals surface area contributed by atoms with Crippen molar-refractivity contribution in [2.75, 3.05) is 0 Å². The van der Waals surface area contributed by atoms with Gasteiger partial charge in [-0.25, -0.2) is 14.2 Å². The smallest absolute Gasteiger partial charge is 0.354 e. The predicted octanol–water partition coefficient (Wildman–Crippen LogP) is 2.35. The highest BCUT2D eigenvalue weighted by atomic mass is 19.1. The lowest BCUT2D eigenvalue weighted by atomic mass is 10.1. The summed E-state index contributed by atoms with van der Waals surface area (Å²) in [5.41, 5.74) is 1.24. The normalized spacial score (nSPS) is 10.7. The molecule has 1 aromatic carbocycles. The molecule has 0 spiro atoms. The van der Waals surface area contributed by atoms with Crippen molar-refractivity contribution in [2.45, 2.75) is 19.8 Å². The van der Waals surface area contributed by atoms with Gasteiger partial charge < -0.3 is 9.67 Å². The molecule has 100 valence electrons. The molecule has 4 nitrogen and oxygen atoms in total. The summed E-state index contributed by atoms with van der Waals surface area (Å²) in [5, 5.41) is 9.18. The van der Waals surface area contributed by atoms with Crippen molar-refractivity contribution >= 4 is 5.97 Å². The van der Waals surface area contributed by atoms with E-state index in [0.29, 0.717) is 29.9 Å². The first kappa shape index (κ1) is 13.3. The van der Waals surface area contributed by atoms with Crippen molar-refractivity contribution in [3.05, 3.63) is 52.9 Å². The van der Waals surface area contributed by atoms with Gasteiger partial charge in [0.15, 0.2) is 0 Å². The van der Waals surface area contributed by atoms with Gasteiger partial charge in [0.05, 0.1) is 5.69 Å². The number of aromatic nitrogens is 2. The number of rotatable bonds is 4. The Labute approximate surface area is 110 Å². The molecular formula is C14H15FN2O2. The van der Waals surface area contributed by atoms with Crippen LogP contribution in [0.25, 0.3) is 0 Å². The van der Waals surface area contributed by atoms with Gasteiger partial charge in [-0.2, -0.15) is 0 Å². The van der Waals surface area contributed by atoms with E-state index in [1.54, 1.807) is 36.7 Å². The Balaban J connectivity index is 2.23. The lowest BCUT2D eigenvalue weighted by Crippen LogP contribution is -2.09. The van der Waals surface area contributed by atoms with Crippen LogP contribution in [-0.4, -0.2) is 20.6 Å². The average Bonchev–Trinajstić information content (AvgIpc) is 2.64. The monoisotopic (exact) mass is 262 g/mol. The molecule has 5 heteroatoms. The van der Waals surface area contributed by atoms with Crippen molar-refractivity contribution in [1.82, 2.24) is 9.55 Å². The van der Waals surface area contributed by atoms with Gasteiger partial charge in [0.25, 0.3) is 0 Å². The Hall–Kier alpha value is -2.17. The minimum Gasteiger partial charge on any atom is -0.477 e. The summed E-state index contributed by atoms with van der Waals surface area (Å²) in [4.78, 5) is 15.4. The quantitative estimate of drug-likeness (QED) is 0.920. The molecule has 19 heavy (non-hydrogen) atoms. The highest BCUT2D eigenvalue weighted by Crippen LogP contribution is 2.15. The molecule has 0 fully saturated rings. The van der Waals surface area contributed by atoms with Gasteiger partial charge in [-0.3, -0.25) is 0 Å². The molecule has 1 heterocycles. The van der Waals surface area contributed by atoms with Crippen LogP contribution in [0.3, 0.4) is 0 Å². The third kappa shape index (κ3) is 2.65. The fourth-order valence-electron chi connectivity index (χ4n) is 2.07. The second-order valence-corrected chi connectivity index (χ2v) is 4.41. The Kier molecular flexibility index (Phi) is 3.64.